The summed E-state index contributed by atoms with van der Waals surface area (Å²) in [5, 5.41) is 5.97. The van der Waals surface area contributed by atoms with Crippen molar-refractivity contribution < 1.29 is 9.59 Å². The zero-order chi connectivity index (χ0) is 16.3. The number of hydrogen-bond donors (Lipinski definition) is 0. The average molecular weight is 305 g/mol. The van der Waals surface area contributed by atoms with Crippen LogP contribution in [0.25, 0.3) is 10.8 Å². The van der Waals surface area contributed by atoms with Crippen LogP contribution in [0.2, 0.25) is 0 Å². The van der Waals surface area contributed by atoms with Gasteiger partial charge < -0.3 is 0 Å². The molecule has 4 rings (SSSR count). The lowest BCUT2D eigenvalue weighted by Gasteiger charge is -2.27. The lowest BCUT2D eigenvalue weighted by molar-refractivity contribution is 0.0893. The van der Waals surface area contributed by atoms with Crippen LogP contribution in [0.5, 0.6) is 0 Å². The summed E-state index contributed by atoms with van der Waals surface area (Å²) in [5.74, 6) is -0.586. The topological polar surface area (TPSA) is 55.2 Å². The third-order valence-corrected chi connectivity index (χ3v) is 4.47. The second-order valence-electron chi connectivity index (χ2n) is 5.80. The number of rotatable bonds is 1. The van der Waals surface area contributed by atoms with E-state index in [-0.39, 0.29) is 11.8 Å². The molecule has 0 unspecified atom stereocenters. The monoisotopic (exact) mass is 305 g/mol. The van der Waals surface area contributed by atoms with Crippen LogP contribution in [0, 0.1) is 13.8 Å². The van der Waals surface area contributed by atoms with Crippen molar-refractivity contribution in [2.75, 3.05) is 4.90 Å². The fraction of sp³-hybridized carbons (Fsp3) is 0.167. The molecule has 0 atom stereocenters. The maximum Gasteiger partial charge on any atom is 0.266 e. The van der Waals surface area contributed by atoms with Crippen molar-refractivity contribution in [1.82, 2.24) is 9.78 Å². The number of amides is 2. The van der Waals surface area contributed by atoms with Crippen LogP contribution in [-0.2, 0) is 7.05 Å². The summed E-state index contributed by atoms with van der Waals surface area (Å²) in [6.45, 7) is 3.67. The molecule has 0 fully saturated rings. The lowest BCUT2D eigenvalue weighted by Crippen LogP contribution is -2.41. The van der Waals surface area contributed by atoms with Gasteiger partial charge in [0, 0.05) is 23.6 Å². The van der Waals surface area contributed by atoms with Gasteiger partial charge in [-0.1, -0.05) is 24.3 Å². The molecule has 5 heteroatoms. The second-order valence-corrected chi connectivity index (χ2v) is 5.80. The number of aryl methyl sites for hydroxylation is 2. The molecule has 1 aromatic heterocycles. The number of imide groups is 1. The smallest absolute Gasteiger partial charge is 0.266 e. The summed E-state index contributed by atoms with van der Waals surface area (Å²) < 4.78 is 1.69. The normalized spacial score (nSPS) is 14.0. The van der Waals surface area contributed by atoms with E-state index < -0.39 is 0 Å². The Balaban J connectivity index is 2.03. The number of benzene rings is 2. The number of aromatic nitrogens is 2. The molecule has 1 aliphatic rings. The van der Waals surface area contributed by atoms with Gasteiger partial charge in [-0.2, -0.15) is 5.10 Å². The number of hydrogen-bond acceptors (Lipinski definition) is 3. The van der Waals surface area contributed by atoms with Gasteiger partial charge in [0.25, 0.3) is 11.8 Å². The Labute approximate surface area is 133 Å². The first kappa shape index (κ1) is 13.7. The minimum atomic E-state index is -0.293. The summed E-state index contributed by atoms with van der Waals surface area (Å²) in [6, 6.07) is 11.1. The van der Waals surface area contributed by atoms with Gasteiger partial charge in [0.1, 0.15) is 0 Å². The number of anilines is 1. The first-order chi connectivity index (χ1) is 11.0. The molecule has 3 aromatic rings. The van der Waals surface area contributed by atoms with Crippen LogP contribution in [0.3, 0.4) is 0 Å². The third kappa shape index (κ3) is 1.70. The van der Waals surface area contributed by atoms with Gasteiger partial charge in [0.05, 0.1) is 17.1 Å². The van der Waals surface area contributed by atoms with E-state index in [4.69, 9.17) is 0 Å². The van der Waals surface area contributed by atoms with Crippen molar-refractivity contribution in [2.24, 2.45) is 7.05 Å². The highest BCUT2D eigenvalue weighted by molar-refractivity contribution is 6.36. The van der Waals surface area contributed by atoms with Crippen molar-refractivity contribution in [3.63, 3.8) is 0 Å². The second kappa shape index (κ2) is 4.52. The quantitative estimate of drug-likeness (QED) is 0.649. The molecule has 23 heavy (non-hydrogen) atoms. The minimum Gasteiger partial charge on any atom is -0.270 e. The van der Waals surface area contributed by atoms with E-state index in [1.54, 1.807) is 23.9 Å². The van der Waals surface area contributed by atoms with Gasteiger partial charge in [0.15, 0.2) is 0 Å². The van der Waals surface area contributed by atoms with E-state index >= 15 is 0 Å². The Kier molecular flexibility index (Phi) is 2.69. The number of carbonyl (C=O) groups excluding carboxylic acids is 2. The SMILES string of the molecule is Cc1nn(C)c(C)c1N1C(=O)c2cccc3cccc(c23)C1=O. The van der Waals surface area contributed by atoms with Crippen LogP contribution in [0.4, 0.5) is 5.69 Å². The van der Waals surface area contributed by atoms with Crippen LogP contribution >= 0.6 is 0 Å². The van der Waals surface area contributed by atoms with Crippen molar-refractivity contribution in [2.45, 2.75) is 13.8 Å². The molecule has 0 radical (unpaired) electrons. The molecule has 2 heterocycles. The molecule has 0 N–H and O–H groups in total. The van der Waals surface area contributed by atoms with Gasteiger partial charge in [-0.3, -0.25) is 14.3 Å². The maximum atomic E-state index is 13.0. The van der Waals surface area contributed by atoms with E-state index in [0.717, 1.165) is 16.5 Å². The highest BCUT2D eigenvalue weighted by Gasteiger charge is 2.36. The Hall–Kier alpha value is -2.95. The Bertz CT molecular complexity index is 950. The minimum absolute atomic E-state index is 0.293. The standard InChI is InChI=1S/C18H15N3O2/c1-10-16(11(2)20(3)19-10)21-17(22)13-8-4-6-12-7-5-9-14(15(12)13)18(21)23/h4-9H,1-3H3. The van der Waals surface area contributed by atoms with Crippen LogP contribution < -0.4 is 4.90 Å². The lowest BCUT2D eigenvalue weighted by atomic mass is 9.93. The molecular formula is C18H15N3O2. The average Bonchev–Trinajstić information content (AvgIpc) is 2.79. The van der Waals surface area contributed by atoms with Crippen LogP contribution in [0.1, 0.15) is 32.1 Å². The molecular weight excluding hydrogens is 290 g/mol. The van der Waals surface area contributed by atoms with E-state index in [0.29, 0.717) is 22.5 Å². The van der Waals surface area contributed by atoms with E-state index in [1.165, 1.54) is 4.90 Å². The van der Waals surface area contributed by atoms with Gasteiger partial charge in [-0.25, -0.2) is 4.90 Å². The first-order valence-corrected chi connectivity index (χ1v) is 7.41. The first-order valence-electron chi connectivity index (χ1n) is 7.41. The fourth-order valence-corrected chi connectivity index (χ4v) is 3.32. The molecule has 2 amide bonds. The molecule has 0 saturated carbocycles. The largest absolute Gasteiger partial charge is 0.270 e. The zero-order valence-electron chi connectivity index (χ0n) is 13.1. The Morgan fingerprint density at radius 3 is 1.96 bits per heavy atom. The molecule has 0 saturated heterocycles. The van der Waals surface area contributed by atoms with E-state index in [2.05, 4.69) is 5.10 Å². The fourth-order valence-electron chi connectivity index (χ4n) is 3.32. The van der Waals surface area contributed by atoms with E-state index in [9.17, 15) is 9.59 Å². The van der Waals surface area contributed by atoms with Gasteiger partial charge in [-0.15, -0.1) is 0 Å². The van der Waals surface area contributed by atoms with E-state index in [1.807, 2.05) is 38.1 Å². The highest BCUT2D eigenvalue weighted by Crippen LogP contribution is 2.35. The Morgan fingerprint density at radius 2 is 1.48 bits per heavy atom. The predicted octanol–water partition coefficient (Wildman–Crippen LogP) is 2.99. The molecule has 0 bridgehead atoms. The zero-order valence-corrected chi connectivity index (χ0v) is 13.1. The predicted molar refractivity (Wildman–Crippen MR) is 87.8 cm³/mol. The third-order valence-electron chi connectivity index (χ3n) is 4.47. The molecule has 5 nitrogen and oxygen atoms in total. The summed E-state index contributed by atoms with van der Waals surface area (Å²) in [4.78, 5) is 27.3. The van der Waals surface area contributed by atoms with Crippen molar-refractivity contribution >= 4 is 28.3 Å². The summed E-state index contributed by atoms with van der Waals surface area (Å²) >= 11 is 0. The summed E-state index contributed by atoms with van der Waals surface area (Å²) in [7, 11) is 1.80. The maximum absolute atomic E-state index is 13.0. The van der Waals surface area contributed by atoms with Crippen LogP contribution in [0.15, 0.2) is 36.4 Å². The molecule has 0 aliphatic carbocycles. The van der Waals surface area contributed by atoms with Crippen molar-refractivity contribution in [1.29, 1.82) is 0 Å². The number of nitrogens with zero attached hydrogens (tertiary/aromatic N) is 3. The van der Waals surface area contributed by atoms with Crippen molar-refractivity contribution in [3.05, 3.63) is 58.9 Å². The molecule has 114 valence electrons. The van der Waals surface area contributed by atoms with Crippen molar-refractivity contribution in [3.8, 4) is 0 Å². The van der Waals surface area contributed by atoms with Gasteiger partial charge in [-0.05, 0) is 31.4 Å². The van der Waals surface area contributed by atoms with Gasteiger partial charge >= 0.3 is 0 Å². The number of carbonyl (C=O) groups is 2. The van der Waals surface area contributed by atoms with Gasteiger partial charge in [0.2, 0.25) is 0 Å². The van der Waals surface area contributed by atoms with Crippen LogP contribution in [-0.4, -0.2) is 21.6 Å². The molecule has 1 aliphatic heterocycles. The molecule has 2 aromatic carbocycles. The molecule has 0 spiro atoms. The highest BCUT2D eigenvalue weighted by atomic mass is 16.2. The summed E-state index contributed by atoms with van der Waals surface area (Å²) in [5.41, 5.74) is 3.14. The Morgan fingerprint density at radius 1 is 0.913 bits per heavy atom. The summed E-state index contributed by atoms with van der Waals surface area (Å²) in [6.07, 6.45) is 0.